The van der Waals surface area contributed by atoms with Crippen molar-refractivity contribution in [3.8, 4) is 0 Å². The Morgan fingerprint density at radius 2 is 2.28 bits per heavy atom. The minimum atomic E-state index is -0.274. The number of thiophene rings is 1. The van der Waals surface area contributed by atoms with Gasteiger partial charge in [-0.05, 0) is 33.4 Å². The van der Waals surface area contributed by atoms with E-state index in [1.54, 1.807) is 11.3 Å². The Morgan fingerprint density at radius 1 is 1.50 bits per heavy atom. The first-order chi connectivity index (χ1) is 8.58. The van der Waals surface area contributed by atoms with Crippen LogP contribution in [0.3, 0.4) is 0 Å². The Hall–Kier alpha value is -0.620. The van der Waals surface area contributed by atoms with Crippen molar-refractivity contribution in [2.45, 2.75) is 6.54 Å². The molecule has 1 N–H and O–H groups in total. The molecule has 0 aromatic carbocycles. The van der Waals surface area contributed by atoms with Crippen molar-refractivity contribution < 1.29 is 4.79 Å². The quantitative estimate of drug-likeness (QED) is 0.830. The minimum Gasteiger partial charge on any atom is -0.347 e. The summed E-state index contributed by atoms with van der Waals surface area (Å²) in [5, 5.41) is 5.24. The Kier molecular flexibility index (Phi) is 4.61. The van der Waals surface area contributed by atoms with E-state index >= 15 is 0 Å². The van der Waals surface area contributed by atoms with Gasteiger partial charge in [0.25, 0.3) is 5.91 Å². The Balaban J connectivity index is 2.08. The summed E-state index contributed by atoms with van der Waals surface area (Å²) >= 11 is 16.6. The number of rotatable bonds is 3. The van der Waals surface area contributed by atoms with Crippen LogP contribution in [0, 0.1) is 0 Å². The molecule has 3 nitrogen and oxygen atoms in total. The molecule has 7 heteroatoms. The average molecular weight is 366 g/mol. The van der Waals surface area contributed by atoms with Gasteiger partial charge in [0.05, 0.1) is 17.1 Å². The zero-order valence-corrected chi connectivity index (χ0v) is 12.8. The summed E-state index contributed by atoms with van der Waals surface area (Å²) in [5.41, 5.74) is 0.323. The van der Waals surface area contributed by atoms with Crippen molar-refractivity contribution >= 4 is 56.4 Å². The second kappa shape index (κ2) is 6.02. The normalized spacial score (nSPS) is 10.4. The van der Waals surface area contributed by atoms with Gasteiger partial charge in [-0.1, -0.05) is 23.2 Å². The average Bonchev–Trinajstić information content (AvgIpc) is 2.75. The van der Waals surface area contributed by atoms with Gasteiger partial charge in [0.2, 0.25) is 0 Å². The second-order valence-electron chi connectivity index (χ2n) is 3.36. The standard InChI is InChI=1S/C11H7BrCl2N2OS/c12-7-1-2-18-9(7)5-16-11(17)6-3-10(14)15-4-8(6)13/h1-4H,5H2,(H,16,17). The fraction of sp³-hybridized carbons (Fsp3) is 0.0909. The molecule has 94 valence electrons. The predicted octanol–water partition coefficient (Wildman–Crippen LogP) is 4.14. The van der Waals surface area contributed by atoms with Crippen LogP contribution in [0.15, 0.2) is 28.2 Å². The Labute approximate surface area is 126 Å². The highest BCUT2D eigenvalue weighted by molar-refractivity contribution is 9.10. The first kappa shape index (κ1) is 13.8. The van der Waals surface area contributed by atoms with E-state index in [9.17, 15) is 4.79 Å². The molecule has 0 aliphatic rings. The molecule has 18 heavy (non-hydrogen) atoms. The zero-order valence-electron chi connectivity index (χ0n) is 8.91. The molecule has 0 spiro atoms. The summed E-state index contributed by atoms with van der Waals surface area (Å²) in [6, 6.07) is 3.38. The lowest BCUT2D eigenvalue weighted by atomic mass is 10.2. The number of pyridine rings is 1. The van der Waals surface area contributed by atoms with Crippen LogP contribution in [-0.2, 0) is 6.54 Å². The highest BCUT2D eigenvalue weighted by atomic mass is 79.9. The maximum Gasteiger partial charge on any atom is 0.253 e. The lowest BCUT2D eigenvalue weighted by Gasteiger charge is -2.06. The van der Waals surface area contributed by atoms with Crippen LogP contribution in [0.1, 0.15) is 15.2 Å². The van der Waals surface area contributed by atoms with Crippen molar-refractivity contribution in [1.82, 2.24) is 10.3 Å². The third-order valence-corrected chi connectivity index (χ3v) is 4.60. The predicted molar refractivity (Wildman–Crippen MR) is 77.4 cm³/mol. The number of aromatic nitrogens is 1. The minimum absolute atomic E-state index is 0.238. The molecule has 0 saturated heterocycles. The van der Waals surface area contributed by atoms with Gasteiger partial charge >= 0.3 is 0 Å². The summed E-state index contributed by atoms with van der Waals surface area (Å²) < 4.78 is 0.978. The smallest absolute Gasteiger partial charge is 0.253 e. The molecule has 0 radical (unpaired) electrons. The van der Waals surface area contributed by atoms with Crippen molar-refractivity contribution in [2.24, 2.45) is 0 Å². The van der Waals surface area contributed by atoms with Crippen molar-refractivity contribution in [3.05, 3.63) is 48.8 Å². The molecule has 0 unspecified atom stereocenters. The van der Waals surface area contributed by atoms with Crippen LogP contribution in [0.4, 0.5) is 0 Å². The van der Waals surface area contributed by atoms with Crippen LogP contribution >= 0.6 is 50.5 Å². The number of nitrogens with zero attached hydrogens (tertiary/aromatic N) is 1. The fourth-order valence-electron chi connectivity index (χ4n) is 1.29. The molecule has 2 aromatic rings. The molecular formula is C11H7BrCl2N2OS. The summed E-state index contributed by atoms with van der Waals surface area (Å²) in [5.74, 6) is -0.274. The third-order valence-electron chi connectivity index (χ3n) is 2.17. The van der Waals surface area contributed by atoms with Gasteiger partial charge in [-0.15, -0.1) is 11.3 Å². The summed E-state index contributed by atoms with van der Waals surface area (Å²) in [6.07, 6.45) is 1.36. The molecule has 1 amide bonds. The van der Waals surface area contributed by atoms with Gasteiger partial charge < -0.3 is 5.32 Å². The highest BCUT2D eigenvalue weighted by Gasteiger charge is 2.12. The molecule has 0 aliphatic carbocycles. The SMILES string of the molecule is O=C(NCc1sccc1Br)c1cc(Cl)ncc1Cl. The van der Waals surface area contributed by atoms with Gasteiger partial charge in [-0.25, -0.2) is 4.98 Å². The van der Waals surface area contributed by atoms with Gasteiger partial charge in [0, 0.05) is 15.5 Å². The van der Waals surface area contributed by atoms with Crippen LogP contribution in [0.25, 0.3) is 0 Å². The van der Waals surface area contributed by atoms with E-state index in [-0.39, 0.29) is 16.1 Å². The molecule has 2 heterocycles. The van der Waals surface area contributed by atoms with E-state index in [0.29, 0.717) is 12.1 Å². The van der Waals surface area contributed by atoms with Gasteiger partial charge in [-0.2, -0.15) is 0 Å². The van der Waals surface area contributed by atoms with Crippen molar-refractivity contribution in [1.29, 1.82) is 0 Å². The topological polar surface area (TPSA) is 42.0 Å². The van der Waals surface area contributed by atoms with Gasteiger partial charge in [0.15, 0.2) is 0 Å². The molecule has 0 fully saturated rings. The maximum absolute atomic E-state index is 11.9. The number of hydrogen-bond acceptors (Lipinski definition) is 3. The third kappa shape index (κ3) is 3.23. The van der Waals surface area contributed by atoms with E-state index in [1.807, 2.05) is 11.4 Å². The number of halogens is 3. The summed E-state index contributed by atoms with van der Waals surface area (Å²) in [7, 11) is 0. The van der Waals surface area contributed by atoms with Crippen LogP contribution in [0.2, 0.25) is 10.2 Å². The summed E-state index contributed by atoms with van der Waals surface area (Å²) in [4.78, 5) is 16.8. The van der Waals surface area contributed by atoms with E-state index in [2.05, 4.69) is 26.2 Å². The Morgan fingerprint density at radius 3 is 2.94 bits per heavy atom. The van der Waals surface area contributed by atoms with E-state index in [1.165, 1.54) is 12.3 Å². The number of nitrogens with one attached hydrogen (secondary N) is 1. The monoisotopic (exact) mass is 364 g/mol. The van der Waals surface area contributed by atoms with E-state index in [4.69, 9.17) is 23.2 Å². The molecular weight excluding hydrogens is 359 g/mol. The highest BCUT2D eigenvalue weighted by Crippen LogP contribution is 2.23. The van der Waals surface area contributed by atoms with Crippen molar-refractivity contribution in [2.75, 3.05) is 0 Å². The largest absolute Gasteiger partial charge is 0.347 e. The molecule has 0 atom stereocenters. The zero-order chi connectivity index (χ0) is 13.1. The molecule has 0 bridgehead atoms. The maximum atomic E-state index is 11.9. The first-order valence-corrected chi connectivity index (χ1v) is 7.32. The van der Waals surface area contributed by atoms with E-state index in [0.717, 1.165) is 9.35 Å². The van der Waals surface area contributed by atoms with E-state index < -0.39 is 0 Å². The molecule has 0 aliphatic heterocycles. The molecule has 0 saturated carbocycles. The van der Waals surface area contributed by atoms with Crippen LogP contribution in [-0.4, -0.2) is 10.9 Å². The lowest BCUT2D eigenvalue weighted by Crippen LogP contribution is -2.22. The number of hydrogen-bond donors (Lipinski definition) is 1. The molecule has 2 aromatic heterocycles. The lowest BCUT2D eigenvalue weighted by molar-refractivity contribution is 0.0951. The number of amides is 1. The van der Waals surface area contributed by atoms with Gasteiger partial charge in [0.1, 0.15) is 5.15 Å². The van der Waals surface area contributed by atoms with Crippen LogP contribution < -0.4 is 5.32 Å². The van der Waals surface area contributed by atoms with Gasteiger partial charge in [-0.3, -0.25) is 4.79 Å². The number of carbonyl (C=O) groups excluding carboxylic acids is 1. The fourth-order valence-corrected chi connectivity index (χ4v) is 3.07. The first-order valence-electron chi connectivity index (χ1n) is 4.89. The Bertz CT molecular complexity index is 588. The second-order valence-corrected chi connectivity index (χ2v) is 6.01. The van der Waals surface area contributed by atoms with Crippen LogP contribution in [0.5, 0.6) is 0 Å². The number of carbonyl (C=O) groups is 1. The molecule has 2 rings (SSSR count). The van der Waals surface area contributed by atoms with Crippen molar-refractivity contribution in [3.63, 3.8) is 0 Å². The summed E-state index contributed by atoms with van der Waals surface area (Å²) in [6.45, 7) is 0.438.